The number of phenols is 1. The molecule has 184 valence electrons. The molecule has 36 heavy (non-hydrogen) atoms. The number of phenolic OH excluding ortho intramolecular Hbond substituents is 1. The fraction of sp³-hybridized carbons (Fsp3) is 0.258. The first-order valence-corrected chi connectivity index (χ1v) is 13.6. The highest BCUT2D eigenvalue weighted by molar-refractivity contribution is 7.13. The molecule has 0 radical (unpaired) electrons. The van der Waals surface area contributed by atoms with Crippen LogP contribution in [0.4, 0.5) is 0 Å². The molecule has 0 spiro atoms. The second kappa shape index (κ2) is 11.1. The van der Waals surface area contributed by atoms with Gasteiger partial charge in [-0.1, -0.05) is 29.3 Å². The Morgan fingerprint density at radius 2 is 1.67 bits per heavy atom. The summed E-state index contributed by atoms with van der Waals surface area (Å²) in [5.74, 6) is 0.330. The zero-order chi connectivity index (χ0) is 24.9. The van der Waals surface area contributed by atoms with Crippen molar-refractivity contribution in [3.63, 3.8) is 0 Å². The lowest BCUT2D eigenvalue weighted by Crippen LogP contribution is -2.18. The predicted octanol–water partition coefficient (Wildman–Crippen LogP) is 7.44. The minimum absolute atomic E-state index is 0.330. The van der Waals surface area contributed by atoms with E-state index in [0.29, 0.717) is 5.75 Å². The summed E-state index contributed by atoms with van der Waals surface area (Å²) in [4.78, 5) is 8.25. The van der Waals surface area contributed by atoms with Crippen LogP contribution in [0, 0.1) is 13.8 Å². The second-order valence-corrected chi connectivity index (χ2v) is 10.5. The molecule has 0 atom stereocenters. The molecule has 0 saturated carbocycles. The third-order valence-corrected chi connectivity index (χ3v) is 7.48. The first kappa shape index (κ1) is 24.3. The number of hydrogen-bond donors (Lipinski definition) is 3. The van der Waals surface area contributed by atoms with Gasteiger partial charge in [0.25, 0.3) is 0 Å². The number of aromatic hydroxyl groups is 1. The lowest BCUT2D eigenvalue weighted by molar-refractivity contribution is 0.475. The Kier molecular flexibility index (Phi) is 7.49. The van der Waals surface area contributed by atoms with E-state index in [1.807, 2.05) is 23.7 Å². The largest absolute Gasteiger partial charge is 0.508 e. The lowest BCUT2D eigenvalue weighted by atomic mass is 9.99. The smallest absolute Gasteiger partial charge is 0.123 e. The van der Waals surface area contributed by atoms with Gasteiger partial charge in [0.05, 0.1) is 0 Å². The summed E-state index contributed by atoms with van der Waals surface area (Å²) < 4.78 is 0. The van der Waals surface area contributed by atoms with Crippen molar-refractivity contribution in [2.75, 3.05) is 13.1 Å². The van der Waals surface area contributed by atoms with E-state index in [4.69, 9.17) is 0 Å². The predicted molar refractivity (Wildman–Crippen MR) is 152 cm³/mol. The molecule has 3 N–H and O–H groups in total. The molecule has 5 heteroatoms. The SMILES string of the molecule is Cc1cc(C)cc(-c2[nH]c3ccc(-c4nccs4)cc3c2CCNCCCCc2ccc(O)cc2)c1. The minimum atomic E-state index is 0.330. The van der Waals surface area contributed by atoms with Crippen molar-refractivity contribution < 1.29 is 5.11 Å². The first-order chi connectivity index (χ1) is 17.6. The Hall–Kier alpha value is -3.41. The average Bonchev–Trinajstić information content (AvgIpc) is 3.52. The van der Waals surface area contributed by atoms with Gasteiger partial charge in [-0.2, -0.15) is 0 Å². The van der Waals surface area contributed by atoms with Crippen molar-refractivity contribution in [3.05, 3.63) is 94.5 Å². The summed E-state index contributed by atoms with van der Waals surface area (Å²) in [5, 5.41) is 17.5. The highest BCUT2D eigenvalue weighted by atomic mass is 32.1. The number of thiazole rings is 1. The van der Waals surface area contributed by atoms with E-state index < -0.39 is 0 Å². The molecule has 0 saturated heterocycles. The molecule has 5 rings (SSSR count). The van der Waals surface area contributed by atoms with Crippen molar-refractivity contribution in [2.45, 2.75) is 39.5 Å². The van der Waals surface area contributed by atoms with Crippen LogP contribution in [0.25, 0.3) is 32.7 Å². The van der Waals surface area contributed by atoms with Crippen LogP contribution in [0.3, 0.4) is 0 Å². The number of H-pyrrole nitrogens is 1. The normalized spacial score (nSPS) is 11.4. The molecule has 0 aliphatic carbocycles. The molecule has 0 aliphatic heterocycles. The van der Waals surface area contributed by atoms with Crippen LogP contribution in [0.5, 0.6) is 5.75 Å². The summed E-state index contributed by atoms with van der Waals surface area (Å²) in [5.41, 5.74) is 10.0. The van der Waals surface area contributed by atoms with Gasteiger partial charge in [-0.05, 0) is 112 Å². The monoisotopic (exact) mass is 495 g/mol. The Balaban J connectivity index is 1.30. The third-order valence-electron chi connectivity index (χ3n) is 6.65. The number of rotatable bonds is 10. The zero-order valence-electron chi connectivity index (χ0n) is 21.0. The summed E-state index contributed by atoms with van der Waals surface area (Å²) in [6.07, 6.45) is 6.14. The molecule has 0 aliphatic rings. The van der Waals surface area contributed by atoms with Gasteiger partial charge in [-0.25, -0.2) is 4.98 Å². The zero-order valence-corrected chi connectivity index (χ0v) is 21.8. The number of nitrogens with one attached hydrogen (secondary N) is 2. The van der Waals surface area contributed by atoms with Crippen molar-refractivity contribution in [1.82, 2.24) is 15.3 Å². The number of hydrogen-bond acceptors (Lipinski definition) is 4. The van der Waals surface area contributed by atoms with E-state index in [1.165, 1.54) is 50.0 Å². The van der Waals surface area contributed by atoms with Crippen molar-refractivity contribution in [2.24, 2.45) is 0 Å². The molecule has 2 heterocycles. The van der Waals surface area contributed by atoms with Crippen LogP contribution < -0.4 is 5.32 Å². The van der Waals surface area contributed by atoms with E-state index in [1.54, 1.807) is 23.5 Å². The summed E-state index contributed by atoms with van der Waals surface area (Å²) in [6, 6.07) is 21.0. The van der Waals surface area contributed by atoms with E-state index in [0.717, 1.165) is 43.8 Å². The molecular formula is C31H33N3OS. The fourth-order valence-electron chi connectivity index (χ4n) is 4.95. The van der Waals surface area contributed by atoms with Crippen LogP contribution in [0.1, 0.15) is 35.1 Å². The van der Waals surface area contributed by atoms with Crippen LogP contribution in [-0.4, -0.2) is 28.2 Å². The quantitative estimate of drug-likeness (QED) is 0.177. The number of unbranched alkanes of at least 4 members (excludes halogenated alkanes) is 1. The van der Waals surface area contributed by atoms with E-state index in [2.05, 4.69) is 65.5 Å². The Labute approximate surface area is 217 Å². The molecule has 4 nitrogen and oxygen atoms in total. The summed E-state index contributed by atoms with van der Waals surface area (Å²) in [6.45, 7) is 6.27. The number of aromatic amines is 1. The van der Waals surface area contributed by atoms with Crippen LogP contribution in [0.15, 0.2) is 72.2 Å². The topological polar surface area (TPSA) is 60.9 Å². The van der Waals surface area contributed by atoms with Crippen molar-refractivity contribution in [3.8, 4) is 27.6 Å². The van der Waals surface area contributed by atoms with Gasteiger partial charge in [0.2, 0.25) is 0 Å². The van der Waals surface area contributed by atoms with E-state index >= 15 is 0 Å². The number of fused-ring (bicyclic) bond motifs is 1. The molecular weight excluding hydrogens is 462 g/mol. The number of nitrogens with zero attached hydrogens (tertiary/aromatic N) is 1. The van der Waals surface area contributed by atoms with E-state index in [9.17, 15) is 5.11 Å². The van der Waals surface area contributed by atoms with Crippen LogP contribution in [0.2, 0.25) is 0 Å². The number of benzene rings is 3. The summed E-state index contributed by atoms with van der Waals surface area (Å²) >= 11 is 1.68. The lowest BCUT2D eigenvalue weighted by Gasteiger charge is -2.09. The van der Waals surface area contributed by atoms with Gasteiger partial charge in [0, 0.05) is 33.7 Å². The highest BCUT2D eigenvalue weighted by Crippen LogP contribution is 2.34. The van der Waals surface area contributed by atoms with Gasteiger partial charge in [0.15, 0.2) is 0 Å². The molecule has 0 amide bonds. The maximum Gasteiger partial charge on any atom is 0.123 e. The maximum atomic E-state index is 9.44. The van der Waals surface area contributed by atoms with Gasteiger partial charge in [-0.15, -0.1) is 11.3 Å². The van der Waals surface area contributed by atoms with Gasteiger partial charge >= 0.3 is 0 Å². The second-order valence-electron chi connectivity index (χ2n) is 9.58. The molecule has 3 aromatic carbocycles. The third kappa shape index (κ3) is 5.69. The van der Waals surface area contributed by atoms with Crippen LogP contribution >= 0.6 is 11.3 Å². The van der Waals surface area contributed by atoms with Gasteiger partial charge in [-0.3, -0.25) is 0 Å². The van der Waals surface area contributed by atoms with Gasteiger partial charge < -0.3 is 15.4 Å². The van der Waals surface area contributed by atoms with Crippen LogP contribution in [-0.2, 0) is 12.8 Å². The highest BCUT2D eigenvalue weighted by Gasteiger charge is 2.15. The fourth-order valence-corrected chi connectivity index (χ4v) is 5.59. The molecule has 0 bridgehead atoms. The molecule has 0 unspecified atom stereocenters. The first-order valence-electron chi connectivity index (χ1n) is 12.7. The maximum absolute atomic E-state index is 9.44. The van der Waals surface area contributed by atoms with E-state index in [-0.39, 0.29) is 0 Å². The molecule has 5 aromatic rings. The minimum Gasteiger partial charge on any atom is -0.508 e. The van der Waals surface area contributed by atoms with Crippen molar-refractivity contribution >= 4 is 22.2 Å². The van der Waals surface area contributed by atoms with Crippen molar-refractivity contribution in [1.29, 1.82) is 0 Å². The average molecular weight is 496 g/mol. The number of aromatic nitrogens is 2. The molecule has 0 fully saturated rings. The summed E-state index contributed by atoms with van der Waals surface area (Å²) in [7, 11) is 0. The Bertz CT molecular complexity index is 1420. The van der Waals surface area contributed by atoms with Gasteiger partial charge in [0.1, 0.15) is 10.8 Å². The molecule has 2 aromatic heterocycles. The standard InChI is InChI=1S/C31H33N3OS/c1-21-17-22(2)19-25(18-21)30-27(12-14-32-13-4-3-5-23-6-9-26(35)10-7-23)28-20-24(8-11-29(28)34-30)31-33-15-16-36-31/h6-11,15-20,32,34-35H,3-5,12-14H2,1-2H3. The Morgan fingerprint density at radius 3 is 2.42 bits per heavy atom. The number of aryl methyl sites for hydroxylation is 3. The Morgan fingerprint density at radius 1 is 0.861 bits per heavy atom.